The number of nitro groups is 1. The predicted octanol–water partition coefficient (Wildman–Crippen LogP) is 1.49. The fourth-order valence-electron chi connectivity index (χ4n) is 2.62. The lowest BCUT2D eigenvalue weighted by atomic mass is 9.97. The molecule has 1 aliphatic heterocycles. The predicted molar refractivity (Wildman–Crippen MR) is 71.5 cm³/mol. The Morgan fingerprint density at radius 1 is 1.50 bits per heavy atom. The molecule has 3 rings (SSSR count). The van der Waals surface area contributed by atoms with Crippen molar-refractivity contribution < 1.29 is 4.92 Å². The second-order valence-corrected chi connectivity index (χ2v) is 4.78. The maximum absolute atomic E-state index is 11.1. The van der Waals surface area contributed by atoms with E-state index in [-0.39, 0.29) is 16.5 Å². The Labute approximate surface area is 115 Å². The number of aromatic amines is 1. The Hall–Kier alpha value is -2.51. The Kier molecular flexibility index (Phi) is 3.28. The lowest BCUT2D eigenvalue weighted by Gasteiger charge is -2.32. The summed E-state index contributed by atoms with van der Waals surface area (Å²) < 4.78 is 0. The lowest BCUT2D eigenvalue weighted by molar-refractivity contribution is -0.384. The first kappa shape index (κ1) is 12.5. The quantitative estimate of drug-likeness (QED) is 0.672. The van der Waals surface area contributed by atoms with Crippen LogP contribution in [0.25, 0.3) is 0 Å². The Bertz CT molecular complexity index is 600. The molecule has 0 amide bonds. The van der Waals surface area contributed by atoms with Crippen LogP contribution in [0.3, 0.4) is 0 Å². The molecule has 0 bridgehead atoms. The van der Waals surface area contributed by atoms with E-state index >= 15 is 0 Å². The average molecular weight is 274 g/mol. The smallest absolute Gasteiger partial charge is 0.310 e. The van der Waals surface area contributed by atoms with E-state index in [1.165, 1.54) is 12.5 Å². The van der Waals surface area contributed by atoms with Crippen LogP contribution in [-0.4, -0.2) is 38.2 Å². The van der Waals surface area contributed by atoms with Gasteiger partial charge in [0.1, 0.15) is 24.0 Å². The molecule has 0 unspecified atom stereocenters. The van der Waals surface area contributed by atoms with Gasteiger partial charge in [0.25, 0.3) is 0 Å². The summed E-state index contributed by atoms with van der Waals surface area (Å²) in [4.78, 5) is 20.7. The standard InChI is InChI=1S/C12H14N6O2/c19-18(20)11-6-13-4-3-10(11)17-5-1-2-9(7-17)12-14-8-15-16-12/h3-4,6,8-9H,1-2,5,7H2,(H,14,15,16)/t9-/m0/s1. The molecule has 0 radical (unpaired) electrons. The van der Waals surface area contributed by atoms with E-state index < -0.39 is 0 Å². The third kappa shape index (κ3) is 2.31. The largest absolute Gasteiger partial charge is 0.365 e. The van der Waals surface area contributed by atoms with Crippen LogP contribution >= 0.6 is 0 Å². The van der Waals surface area contributed by atoms with Crippen molar-refractivity contribution >= 4 is 11.4 Å². The molecular formula is C12H14N6O2. The van der Waals surface area contributed by atoms with E-state index in [0.29, 0.717) is 12.2 Å². The molecule has 20 heavy (non-hydrogen) atoms. The molecule has 1 N–H and O–H groups in total. The summed E-state index contributed by atoms with van der Waals surface area (Å²) in [5.41, 5.74) is 0.667. The van der Waals surface area contributed by atoms with E-state index in [0.717, 1.165) is 25.2 Å². The number of hydrogen-bond acceptors (Lipinski definition) is 6. The molecule has 0 aromatic carbocycles. The number of hydrogen-bond donors (Lipinski definition) is 1. The molecule has 1 fully saturated rings. The first-order chi connectivity index (χ1) is 9.75. The molecule has 1 atom stereocenters. The fourth-order valence-corrected chi connectivity index (χ4v) is 2.62. The molecule has 0 saturated carbocycles. The summed E-state index contributed by atoms with van der Waals surface area (Å²) in [6.07, 6.45) is 6.34. The molecular weight excluding hydrogens is 260 g/mol. The topological polar surface area (TPSA) is 101 Å². The number of nitrogens with zero attached hydrogens (tertiary/aromatic N) is 5. The fraction of sp³-hybridized carbons (Fsp3) is 0.417. The summed E-state index contributed by atoms with van der Waals surface area (Å²) in [5, 5.41) is 17.8. The van der Waals surface area contributed by atoms with Crippen molar-refractivity contribution in [2.24, 2.45) is 0 Å². The summed E-state index contributed by atoms with van der Waals surface area (Å²) in [7, 11) is 0. The third-order valence-electron chi connectivity index (χ3n) is 3.56. The Balaban J connectivity index is 1.86. The van der Waals surface area contributed by atoms with Crippen LogP contribution in [0.1, 0.15) is 24.6 Å². The second-order valence-electron chi connectivity index (χ2n) is 4.78. The monoisotopic (exact) mass is 274 g/mol. The van der Waals surface area contributed by atoms with Crippen LogP contribution in [0.15, 0.2) is 24.8 Å². The van der Waals surface area contributed by atoms with Gasteiger partial charge < -0.3 is 4.90 Å². The summed E-state index contributed by atoms with van der Waals surface area (Å²) in [6, 6.07) is 1.70. The number of aromatic nitrogens is 4. The highest BCUT2D eigenvalue weighted by Crippen LogP contribution is 2.32. The number of piperidine rings is 1. The molecule has 0 spiro atoms. The first-order valence-electron chi connectivity index (χ1n) is 6.44. The van der Waals surface area contributed by atoms with Crippen molar-refractivity contribution in [1.29, 1.82) is 0 Å². The SMILES string of the molecule is O=[N+]([O-])c1cnccc1N1CCC[C@H](c2ncn[nH]2)C1. The number of H-pyrrole nitrogens is 1. The van der Waals surface area contributed by atoms with Gasteiger partial charge in [-0.15, -0.1) is 0 Å². The molecule has 8 heteroatoms. The molecule has 1 aliphatic rings. The average Bonchev–Trinajstić information content (AvgIpc) is 3.01. The number of rotatable bonds is 3. The highest BCUT2D eigenvalue weighted by molar-refractivity contribution is 5.62. The minimum atomic E-state index is -0.388. The van der Waals surface area contributed by atoms with Crippen LogP contribution in [0.4, 0.5) is 11.4 Å². The van der Waals surface area contributed by atoms with E-state index in [1.54, 1.807) is 12.3 Å². The Morgan fingerprint density at radius 2 is 2.40 bits per heavy atom. The highest BCUT2D eigenvalue weighted by Gasteiger charge is 2.27. The van der Waals surface area contributed by atoms with Gasteiger partial charge >= 0.3 is 5.69 Å². The molecule has 0 aliphatic carbocycles. The van der Waals surface area contributed by atoms with Gasteiger partial charge in [0.15, 0.2) is 0 Å². The van der Waals surface area contributed by atoms with Crippen molar-refractivity contribution in [1.82, 2.24) is 20.2 Å². The van der Waals surface area contributed by atoms with Crippen LogP contribution in [0, 0.1) is 10.1 Å². The minimum Gasteiger partial charge on any atom is -0.365 e. The van der Waals surface area contributed by atoms with Gasteiger partial charge in [0.2, 0.25) is 0 Å². The number of nitrogens with one attached hydrogen (secondary N) is 1. The van der Waals surface area contributed by atoms with Crippen molar-refractivity contribution in [3.05, 3.63) is 40.7 Å². The van der Waals surface area contributed by atoms with Crippen molar-refractivity contribution in [3.63, 3.8) is 0 Å². The van der Waals surface area contributed by atoms with Gasteiger partial charge in [0, 0.05) is 25.2 Å². The van der Waals surface area contributed by atoms with Crippen LogP contribution < -0.4 is 4.90 Å². The normalized spacial score (nSPS) is 19.0. The van der Waals surface area contributed by atoms with Crippen molar-refractivity contribution in [2.75, 3.05) is 18.0 Å². The van der Waals surface area contributed by atoms with Gasteiger partial charge in [-0.3, -0.25) is 20.2 Å². The maximum Gasteiger partial charge on any atom is 0.310 e. The summed E-state index contributed by atoms with van der Waals surface area (Å²) in [6.45, 7) is 1.50. The summed E-state index contributed by atoms with van der Waals surface area (Å²) >= 11 is 0. The molecule has 104 valence electrons. The van der Waals surface area contributed by atoms with Gasteiger partial charge in [-0.25, -0.2) is 4.98 Å². The Morgan fingerprint density at radius 3 is 3.15 bits per heavy atom. The van der Waals surface area contributed by atoms with Crippen LogP contribution in [0.5, 0.6) is 0 Å². The van der Waals surface area contributed by atoms with Crippen LogP contribution in [0.2, 0.25) is 0 Å². The second kappa shape index (κ2) is 5.24. The van der Waals surface area contributed by atoms with Gasteiger partial charge in [0.05, 0.1) is 4.92 Å². The molecule has 8 nitrogen and oxygen atoms in total. The molecule has 2 aromatic heterocycles. The maximum atomic E-state index is 11.1. The number of pyridine rings is 1. The lowest BCUT2D eigenvalue weighted by Crippen LogP contribution is -2.35. The molecule has 2 aromatic rings. The van der Waals surface area contributed by atoms with Gasteiger partial charge in [-0.1, -0.05) is 0 Å². The van der Waals surface area contributed by atoms with E-state index in [9.17, 15) is 10.1 Å². The van der Waals surface area contributed by atoms with Gasteiger partial charge in [-0.2, -0.15) is 5.10 Å². The zero-order valence-corrected chi connectivity index (χ0v) is 10.8. The molecule has 1 saturated heterocycles. The number of anilines is 1. The van der Waals surface area contributed by atoms with Crippen molar-refractivity contribution in [3.8, 4) is 0 Å². The minimum absolute atomic E-state index is 0.0470. The van der Waals surface area contributed by atoms with E-state index in [4.69, 9.17) is 0 Å². The third-order valence-corrected chi connectivity index (χ3v) is 3.56. The van der Waals surface area contributed by atoms with Gasteiger partial charge in [-0.05, 0) is 18.9 Å². The van der Waals surface area contributed by atoms with E-state index in [2.05, 4.69) is 20.2 Å². The van der Waals surface area contributed by atoms with Crippen molar-refractivity contribution in [2.45, 2.75) is 18.8 Å². The zero-order chi connectivity index (χ0) is 13.9. The van der Waals surface area contributed by atoms with E-state index in [1.807, 2.05) is 4.90 Å². The zero-order valence-electron chi connectivity index (χ0n) is 10.8. The highest BCUT2D eigenvalue weighted by atomic mass is 16.6. The van der Waals surface area contributed by atoms with Crippen LogP contribution in [-0.2, 0) is 0 Å². The first-order valence-corrected chi connectivity index (χ1v) is 6.44. The summed E-state index contributed by atoms with van der Waals surface area (Å²) in [5.74, 6) is 1.06. The molecule has 3 heterocycles.